The number of methoxy groups -OCH3 is 1. The molecule has 0 amide bonds. The Morgan fingerprint density at radius 3 is 2.82 bits per heavy atom. The van der Waals surface area contributed by atoms with Gasteiger partial charge in [-0.3, -0.25) is 4.79 Å². The minimum Gasteiger partial charge on any atom is -0.493 e. The maximum absolute atomic E-state index is 11.1. The van der Waals surface area contributed by atoms with Crippen LogP contribution in [0.4, 0.5) is 0 Å². The predicted molar refractivity (Wildman–Crippen MR) is 116 cm³/mol. The van der Waals surface area contributed by atoms with Crippen LogP contribution in [0.1, 0.15) is 10.6 Å². The molecule has 1 heterocycles. The number of carbonyl (C=O) groups is 1. The molecule has 0 saturated carbocycles. The van der Waals surface area contributed by atoms with E-state index in [1.165, 1.54) is 11.8 Å². The number of benzene rings is 2. The molecule has 0 fully saturated rings. The Balaban J connectivity index is 1.98. The van der Waals surface area contributed by atoms with E-state index in [2.05, 4.69) is 11.6 Å². The number of carboxylic acids is 1. The van der Waals surface area contributed by atoms with Gasteiger partial charge in [-0.05, 0) is 35.9 Å². The average molecular weight is 414 g/mol. The summed E-state index contributed by atoms with van der Waals surface area (Å²) in [7, 11) is 1.58. The number of nitrogens with zero attached hydrogens (tertiary/aromatic N) is 1. The zero-order chi connectivity index (χ0) is 19.9. The monoisotopic (exact) mass is 413 g/mol. The van der Waals surface area contributed by atoms with Crippen LogP contribution in [0, 0.1) is 0 Å². The van der Waals surface area contributed by atoms with E-state index in [9.17, 15) is 4.79 Å². The Bertz CT molecular complexity index is 993. The standard InChI is InChI=1S/C21H19NO4S2/c1-3-10-26-16-9-8-14(11-17(16)25-2)12-19(27-13-20(23)24)21-22-15-6-4-5-7-18(15)28-21/h3-9,11-12H,1,10,13H2,2H3,(H,23,24)/b19-12-. The minimum atomic E-state index is -0.872. The normalized spacial score (nSPS) is 11.4. The summed E-state index contributed by atoms with van der Waals surface area (Å²) in [4.78, 5) is 16.5. The first kappa shape index (κ1) is 20.0. The first-order valence-electron chi connectivity index (χ1n) is 8.44. The number of thioether (sulfide) groups is 1. The topological polar surface area (TPSA) is 68.7 Å². The molecule has 1 N–H and O–H groups in total. The van der Waals surface area contributed by atoms with Gasteiger partial charge in [-0.15, -0.1) is 23.1 Å². The molecule has 0 spiro atoms. The molecule has 28 heavy (non-hydrogen) atoms. The van der Waals surface area contributed by atoms with Gasteiger partial charge in [-0.2, -0.15) is 0 Å². The van der Waals surface area contributed by atoms with Crippen molar-refractivity contribution >= 4 is 50.3 Å². The number of fused-ring (bicyclic) bond motifs is 1. The van der Waals surface area contributed by atoms with Crippen molar-refractivity contribution in [3.05, 3.63) is 65.7 Å². The number of hydrogen-bond acceptors (Lipinski definition) is 6. The summed E-state index contributed by atoms with van der Waals surface area (Å²) < 4.78 is 12.1. The molecule has 0 atom stereocenters. The third kappa shape index (κ3) is 4.94. The molecular formula is C21H19NO4S2. The third-order valence-corrected chi connectivity index (χ3v) is 5.91. The summed E-state index contributed by atoms with van der Waals surface area (Å²) in [6, 6.07) is 13.4. The van der Waals surface area contributed by atoms with Gasteiger partial charge in [0.1, 0.15) is 11.6 Å². The van der Waals surface area contributed by atoms with Crippen LogP contribution in [0.2, 0.25) is 0 Å². The van der Waals surface area contributed by atoms with E-state index in [0.29, 0.717) is 18.1 Å². The summed E-state index contributed by atoms with van der Waals surface area (Å²) in [5.74, 6) is 0.309. The first-order valence-corrected chi connectivity index (χ1v) is 10.2. The molecule has 144 valence electrons. The highest BCUT2D eigenvalue weighted by Crippen LogP contribution is 2.36. The second-order valence-electron chi connectivity index (χ2n) is 5.69. The number of hydrogen-bond donors (Lipinski definition) is 1. The van der Waals surface area contributed by atoms with Crippen molar-refractivity contribution < 1.29 is 19.4 Å². The van der Waals surface area contributed by atoms with Crippen LogP contribution in [0.25, 0.3) is 21.2 Å². The second-order valence-corrected chi connectivity index (χ2v) is 7.74. The summed E-state index contributed by atoms with van der Waals surface area (Å²) in [6.45, 7) is 4.03. The highest BCUT2D eigenvalue weighted by Gasteiger charge is 2.13. The molecule has 0 aliphatic heterocycles. The molecule has 3 aromatic rings. The molecule has 0 saturated heterocycles. The van der Waals surface area contributed by atoms with E-state index >= 15 is 0 Å². The second kappa shape index (κ2) is 9.43. The molecule has 0 aliphatic rings. The molecule has 0 bridgehead atoms. The fourth-order valence-electron chi connectivity index (χ4n) is 2.48. The van der Waals surface area contributed by atoms with Crippen LogP contribution < -0.4 is 9.47 Å². The van der Waals surface area contributed by atoms with Crippen molar-refractivity contribution in [3.8, 4) is 11.5 Å². The predicted octanol–water partition coefficient (Wildman–Crippen LogP) is 5.19. The zero-order valence-corrected chi connectivity index (χ0v) is 16.9. The molecule has 5 nitrogen and oxygen atoms in total. The van der Waals surface area contributed by atoms with Gasteiger partial charge < -0.3 is 14.6 Å². The minimum absolute atomic E-state index is 0.0422. The number of carboxylic acid groups (broad SMARTS) is 1. The van der Waals surface area contributed by atoms with Gasteiger partial charge in [0.2, 0.25) is 0 Å². The Kier molecular flexibility index (Phi) is 6.73. The smallest absolute Gasteiger partial charge is 0.313 e. The van der Waals surface area contributed by atoms with Gasteiger partial charge >= 0.3 is 5.97 Å². The molecule has 0 aliphatic carbocycles. The summed E-state index contributed by atoms with van der Waals surface area (Å²) in [6.07, 6.45) is 3.59. The van der Waals surface area contributed by atoms with E-state index in [4.69, 9.17) is 14.6 Å². The molecule has 2 aromatic carbocycles. The van der Waals surface area contributed by atoms with Crippen LogP contribution in [-0.2, 0) is 4.79 Å². The zero-order valence-electron chi connectivity index (χ0n) is 15.3. The molecular weight excluding hydrogens is 394 g/mol. The third-order valence-electron chi connectivity index (χ3n) is 3.70. The lowest BCUT2D eigenvalue weighted by atomic mass is 10.2. The molecule has 0 radical (unpaired) electrons. The Hall–Kier alpha value is -2.77. The highest BCUT2D eigenvalue weighted by molar-refractivity contribution is 8.09. The molecule has 0 unspecified atom stereocenters. The maximum Gasteiger partial charge on any atom is 0.313 e. The van der Waals surface area contributed by atoms with E-state index in [0.717, 1.165) is 25.7 Å². The summed E-state index contributed by atoms with van der Waals surface area (Å²) >= 11 is 2.79. The van der Waals surface area contributed by atoms with Crippen molar-refractivity contribution in [1.82, 2.24) is 4.98 Å². The first-order chi connectivity index (χ1) is 13.6. The quantitative estimate of drug-likeness (QED) is 0.487. The van der Waals surface area contributed by atoms with Gasteiger partial charge in [-0.25, -0.2) is 4.98 Å². The lowest BCUT2D eigenvalue weighted by Crippen LogP contribution is -1.98. The van der Waals surface area contributed by atoms with Crippen molar-refractivity contribution in [1.29, 1.82) is 0 Å². The SMILES string of the molecule is C=CCOc1ccc(/C=C(\SCC(=O)O)c2nc3ccccc3s2)cc1OC. The number of aliphatic carboxylic acids is 1. The fourth-order valence-corrected chi connectivity index (χ4v) is 4.32. The van der Waals surface area contributed by atoms with E-state index < -0.39 is 5.97 Å². The Labute approximate surface area is 171 Å². The van der Waals surface area contributed by atoms with Crippen LogP contribution in [0.3, 0.4) is 0 Å². The molecule has 7 heteroatoms. The van der Waals surface area contributed by atoms with Gasteiger partial charge in [0.15, 0.2) is 11.5 Å². The highest BCUT2D eigenvalue weighted by atomic mass is 32.2. The largest absolute Gasteiger partial charge is 0.493 e. The van der Waals surface area contributed by atoms with Crippen molar-refractivity contribution in [3.63, 3.8) is 0 Å². The van der Waals surface area contributed by atoms with Gasteiger partial charge in [0.25, 0.3) is 0 Å². The number of para-hydroxylation sites is 1. The number of rotatable bonds is 9. The van der Waals surface area contributed by atoms with Crippen LogP contribution in [0.5, 0.6) is 11.5 Å². The number of aromatic nitrogens is 1. The lowest BCUT2D eigenvalue weighted by molar-refractivity contribution is -0.133. The van der Waals surface area contributed by atoms with Crippen LogP contribution in [-0.4, -0.2) is 35.5 Å². The molecule has 1 aromatic heterocycles. The number of thiazole rings is 1. The Morgan fingerprint density at radius 1 is 1.29 bits per heavy atom. The average Bonchev–Trinajstić information content (AvgIpc) is 3.13. The van der Waals surface area contributed by atoms with Gasteiger partial charge in [0, 0.05) is 4.91 Å². The van der Waals surface area contributed by atoms with Gasteiger partial charge in [0.05, 0.1) is 23.1 Å². The lowest BCUT2D eigenvalue weighted by Gasteiger charge is -2.10. The van der Waals surface area contributed by atoms with Crippen molar-refractivity contribution in [2.75, 3.05) is 19.5 Å². The van der Waals surface area contributed by atoms with Crippen LogP contribution >= 0.6 is 23.1 Å². The number of ether oxygens (including phenoxy) is 2. The van der Waals surface area contributed by atoms with Crippen molar-refractivity contribution in [2.24, 2.45) is 0 Å². The van der Waals surface area contributed by atoms with E-state index in [1.807, 2.05) is 48.5 Å². The summed E-state index contributed by atoms with van der Waals surface area (Å²) in [5.41, 5.74) is 1.77. The Morgan fingerprint density at radius 2 is 2.11 bits per heavy atom. The fraction of sp³-hybridized carbons (Fsp3) is 0.143. The molecule has 3 rings (SSSR count). The summed E-state index contributed by atoms with van der Waals surface area (Å²) in [5, 5.41) is 9.90. The van der Waals surface area contributed by atoms with E-state index in [-0.39, 0.29) is 5.75 Å². The van der Waals surface area contributed by atoms with Crippen LogP contribution in [0.15, 0.2) is 55.1 Å². The van der Waals surface area contributed by atoms with Crippen molar-refractivity contribution in [2.45, 2.75) is 0 Å². The van der Waals surface area contributed by atoms with E-state index in [1.54, 1.807) is 24.5 Å². The van der Waals surface area contributed by atoms with Gasteiger partial charge in [-0.1, -0.05) is 30.9 Å². The maximum atomic E-state index is 11.1.